The van der Waals surface area contributed by atoms with Crippen molar-refractivity contribution in [2.45, 2.75) is 25.2 Å². The Bertz CT molecular complexity index is 491. The summed E-state index contributed by atoms with van der Waals surface area (Å²) in [6.45, 7) is 1.56. The third kappa shape index (κ3) is 1.77. The van der Waals surface area contributed by atoms with Gasteiger partial charge in [0.1, 0.15) is 5.78 Å². The number of hydrogen-bond donors (Lipinski definition) is 0. The predicted molar refractivity (Wildman–Crippen MR) is 61.2 cm³/mol. The molecule has 0 amide bonds. The Kier molecular flexibility index (Phi) is 2.61. The Morgan fingerprint density at radius 1 is 1.47 bits per heavy atom. The number of hydrogen-bond acceptors (Lipinski definition) is 4. The minimum absolute atomic E-state index is 0.0735. The summed E-state index contributed by atoms with van der Waals surface area (Å²) in [6.07, 6.45) is 1.62. The van der Waals surface area contributed by atoms with E-state index in [2.05, 4.69) is 0 Å². The van der Waals surface area contributed by atoms with Crippen molar-refractivity contribution in [2.75, 3.05) is 7.11 Å². The van der Waals surface area contributed by atoms with Crippen molar-refractivity contribution in [2.24, 2.45) is 0 Å². The van der Waals surface area contributed by atoms with Gasteiger partial charge in [-0.15, -0.1) is 0 Å². The smallest absolute Gasteiger partial charge is 0.310 e. The number of nitro groups is 1. The second kappa shape index (κ2) is 3.84. The van der Waals surface area contributed by atoms with Crippen molar-refractivity contribution in [3.8, 4) is 5.75 Å². The van der Waals surface area contributed by atoms with Crippen LogP contribution < -0.4 is 4.74 Å². The van der Waals surface area contributed by atoms with Crippen LogP contribution in [0.25, 0.3) is 0 Å². The van der Waals surface area contributed by atoms with Gasteiger partial charge in [-0.3, -0.25) is 14.9 Å². The van der Waals surface area contributed by atoms with E-state index in [9.17, 15) is 14.9 Å². The van der Waals surface area contributed by atoms with Crippen molar-refractivity contribution in [3.63, 3.8) is 0 Å². The lowest BCUT2D eigenvalue weighted by Crippen LogP contribution is -2.16. The van der Waals surface area contributed by atoms with Crippen molar-refractivity contribution in [3.05, 3.63) is 33.9 Å². The second-order valence-electron chi connectivity index (χ2n) is 4.28. The monoisotopic (exact) mass is 235 g/mol. The molecule has 0 unspecified atom stereocenters. The van der Waals surface area contributed by atoms with E-state index < -0.39 is 10.3 Å². The first kappa shape index (κ1) is 11.6. The quantitative estimate of drug-likeness (QED) is 0.592. The highest BCUT2D eigenvalue weighted by Gasteiger charge is 2.49. The largest absolute Gasteiger partial charge is 0.490 e. The first-order valence-electron chi connectivity index (χ1n) is 5.35. The summed E-state index contributed by atoms with van der Waals surface area (Å²) >= 11 is 0. The van der Waals surface area contributed by atoms with Crippen LogP contribution in [0.3, 0.4) is 0 Å². The predicted octanol–water partition coefficient (Wildman–Crippen LogP) is 2.22. The number of nitrogens with zero attached hydrogens (tertiary/aromatic N) is 1. The summed E-state index contributed by atoms with van der Waals surface area (Å²) in [5, 5.41) is 10.7. The Morgan fingerprint density at radius 2 is 2.12 bits per heavy atom. The van der Waals surface area contributed by atoms with Gasteiger partial charge in [0.15, 0.2) is 5.75 Å². The lowest BCUT2D eigenvalue weighted by molar-refractivity contribution is -0.385. The summed E-state index contributed by atoms with van der Waals surface area (Å²) in [5.74, 6) is 0.313. The van der Waals surface area contributed by atoms with Crippen LogP contribution in [0.15, 0.2) is 18.2 Å². The molecule has 17 heavy (non-hydrogen) atoms. The molecule has 0 bridgehead atoms. The molecular formula is C12H13NO4. The van der Waals surface area contributed by atoms with Gasteiger partial charge in [-0.05, 0) is 31.4 Å². The third-order valence-corrected chi connectivity index (χ3v) is 3.35. The summed E-state index contributed by atoms with van der Waals surface area (Å²) in [4.78, 5) is 21.8. The lowest BCUT2D eigenvalue weighted by atomic mass is 9.92. The molecule has 90 valence electrons. The highest BCUT2D eigenvalue weighted by Crippen LogP contribution is 2.50. The summed E-state index contributed by atoms with van der Waals surface area (Å²) < 4.78 is 5.00. The molecule has 1 saturated carbocycles. The molecule has 0 heterocycles. The van der Waals surface area contributed by atoms with Crippen LogP contribution in [-0.4, -0.2) is 17.8 Å². The lowest BCUT2D eigenvalue weighted by Gasteiger charge is -2.12. The molecule has 1 aromatic carbocycles. The van der Waals surface area contributed by atoms with Gasteiger partial charge in [-0.1, -0.05) is 6.07 Å². The van der Waals surface area contributed by atoms with E-state index in [1.807, 2.05) is 0 Å². The number of carbonyl (C=O) groups is 1. The maximum absolute atomic E-state index is 11.6. The molecule has 1 aliphatic rings. The molecule has 0 saturated heterocycles. The van der Waals surface area contributed by atoms with E-state index in [-0.39, 0.29) is 17.2 Å². The van der Waals surface area contributed by atoms with Gasteiger partial charge in [0.25, 0.3) is 0 Å². The van der Waals surface area contributed by atoms with E-state index in [0.717, 1.165) is 18.4 Å². The molecular weight excluding hydrogens is 222 g/mol. The van der Waals surface area contributed by atoms with Crippen molar-refractivity contribution in [1.29, 1.82) is 0 Å². The fourth-order valence-corrected chi connectivity index (χ4v) is 2.10. The fourth-order valence-electron chi connectivity index (χ4n) is 2.10. The number of rotatable bonds is 4. The number of ether oxygens (including phenoxy) is 1. The normalized spacial score (nSPS) is 16.4. The zero-order valence-electron chi connectivity index (χ0n) is 9.73. The van der Waals surface area contributed by atoms with Crippen LogP contribution in [0, 0.1) is 10.1 Å². The van der Waals surface area contributed by atoms with Gasteiger partial charge in [0.2, 0.25) is 0 Å². The van der Waals surface area contributed by atoms with Gasteiger partial charge in [0, 0.05) is 6.07 Å². The molecule has 0 aliphatic heterocycles. The van der Waals surface area contributed by atoms with E-state index in [1.165, 1.54) is 13.2 Å². The van der Waals surface area contributed by atoms with Crippen molar-refractivity contribution >= 4 is 11.5 Å². The van der Waals surface area contributed by atoms with E-state index >= 15 is 0 Å². The number of carbonyl (C=O) groups excluding carboxylic acids is 1. The number of nitro benzene ring substituents is 1. The molecule has 2 rings (SSSR count). The van der Waals surface area contributed by atoms with Crippen LogP contribution in [-0.2, 0) is 10.2 Å². The van der Waals surface area contributed by atoms with Crippen LogP contribution in [0.1, 0.15) is 25.3 Å². The first-order chi connectivity index (χ1) is 8.01. The molecule has 0 radical (unpaired) electrons. The van der Waals surface area contributed by atoms with Crippen LogP contribution in [0.4, 0.5) is 5.69 Å². The average molecular weight is 235 g/mol. The van der Waals surface area contributed by atoms with E-state index in [1.54, 1.807) is 19.1 Å². The Labute approximate surface area is 98.5 Å². The molecule has 0 atom stereocenters. The van der Waals surface area contributed by atoms with Crippen molar-refractivity contribution < 1.29 is 14.5 Å². The molecule has 1 aromatic rings. The van der Waals surface area contributed by atoms with Gasteiger partial charge in [0.05, 0.1) is 17.4 Å². The molecule has 5 heteroatoms. The number of methoxy groups -OCH3 is 1. The zero-order valence-corrected chi connectivity index (χ0v) is 9.73. The minimum Gasteiger partial charge on any atom is -0.490 e. The Morgan fingerprint density at radius 3 is 2.53 bits per heavy atom. The Hall–Kier alpha value is -1.91. The summed E-state index contributed by atoms with van der Waals surface area (Å²) in [5.41, 5.74) is 0.311. The molecule has 5 nitrogen and oxygen atoms in total. The van der Waals surface area contributed by atoms with Gasteiger partial charge in [-0.25, -0.2) is 0 Å². The van der Waals surface area contributed by atoms with Crippen molar-refractivity contribution in [1.82, 2.24) is 0 Å². The van der Waals surface area contributed by atoms with Gasteiger partial charge < -0.3 is 4.74 Å². The van der Waals surface area contributed by atoms with Gasteiger partial charge >= 0.3 is 5.69 Å². The fraction of sp³-hybridized carbons (Fsp3) is 0.417. The number of ketones is 1. The van der Waals surface area contributed by atoms with Crippen LogP contribution >= 0.6 is 0 Å². The molecule has 1 fully saturated rings. The standard InChI is InChI=1S/C12H13NO4/c1-8(14)12(5-6-12)9-3-4-10(13(15)16)11(7-9)17-2/h3-4,7H,5-6H2,1-2H3. The number of benzene rings is 1. The third-order valence-electron chi connectivity index (χ3n) is 3.35. The van der Waals surface area contributed by atoms with Gasteiger partial charge in [-0.2, -0.15) is 0 Å². The minimum atomic E-state index is -0.490. The van der Waals surface area contributed by atoms with Crippen LogP contribution in [0.5, 0.6) is 5.75 Å². The highest BCUT2D eigenvalue weighted by atomic mass is 16.6. The van der Waals surface area contributed by atoms with E-state index in [0.29, 0.717) is 0 Å². The molecule has 0 N–H and O–H groups in total. The summed E-state index contributed by atoms with van der Waals surface area (Å²) in [6, 6.07) is 4.65. The topological polar surface area (TPSA) is 69.4 Å². The second-order valence-corrected chi connectivity index (χ2v) is 4.28. The van der Waals surface area contributed by atoms with E-state index in [4.69, 9.17) is 4.74 Å². The number of Topliss-reactive ketones (excluding diaryl/α,β-unsaturated/α-hetero) is 1. The highest BCUT2D eigenvalue weighted by molar-refractivity contribution is 5.91. The molecule has 0 spiro atoms. The SMILES string of the molecule is COc1cc(C2(C(C)=O)CC2)ccc1[N+](=O)[O-]. The molecule has 1 aliphatic carbocycles. The maximum atomic E-state index is 11.6. The molecule has 0 aromatic heterocycles. The maximum Gasteiger partial charge on any atom is 0.310 e. The average Bonchev–Trinajstić information content (AvgIpc) is 3.09. The summed E-state index contributed by atoms with van der Waals surface area (Å²) in [7, 11) is 1.39. The first-order valence-corrected chi connectivity index (χ1v) is 5.35. The zero-order chi connectivity index (χ0) is 12.6. The van der Waals surface area contributed by atoms with Crippen LogP contribution in [0.2, 0.25) is 0 Å². The Balaban J connectivity index is 2.46.